The Balaban J connectivity index is 3.03. The van der Waals surface area contributed by atoms with Crippen molar-refractivity contribution in [2.75, 3.05) is 0 Å². The van der Waals surface area contributed by atoms with E-state index < -0.39 is 6.43 Å². The van der Waals surface area contributed by atoms with Crippen LogP contribution in [0.1, 0.15) is 17.0 Å². The molecule has 0 aliphatic heterocycles. The summed E-state index contributed by atoms with van der Waals surface area (Å²) < 4.78 is 24.5. The number of hydrogen-bond acceptors (Lipinski definition) is 2. The molecule has 1 nitrogen and oxygen atoms in total. The van der Waals surface area contributed by atoms with Gasteiger partial charge in [0.2, 0.25) is 0 Å². The predicted octanol–water partition coefficient (Wildman–Crippen LogP) is 3.15. The first kappa shape index (κ1) is 8.07. The third-order valence-electron chi connectivity index (χ3n) is 1.00. The average Bonchev–Trinajstić information content (AvgIpc) is 2.10. The zero-order chi connectivity index (χ0) is 7.72. The molecular weight excluding hydrogens is 224 g/mol. The molecule has 0 spiro atoms. The molecule has 0 aliphatic carbocycles. The molecule has 0 amide bonds. The van der Waals surface area contributed by atoms with Gasteiger partial charge < -0.3 is 0 Å². The first-order valence-corrected chi connectivity index (χ1v) is 4.13. The van der Waals surface area contributed by atoms with Crippen molar-refractivity contribution in [1.29, 1.82) is 0 Å². The Morgan fingerprint density at radius 3 is 2.40 bits per heavy atom. The molecule has 0 N–H and O–H groups in total. The van der Waals surface area contributed by atoms with Crippen LogP contribution in [-0.4, -0.2) is 4.98 Å². The first-order chi connectivity index (χ1) is 4.61. The second-order valence-corrected chi connectivity index (χ2v) is 4.02. The Kier molecular flexibility index (Phi) is 2.36. The lowest BCUT2D eigenvalue weighted by Crippen LogP contribution is -1.81. The highest BCUT2D eigenvalue weighted by Gasteiger charge is 2.14. The lowest BCUT2D eigenvalue weighted by molar-refractivity contribution is 0.154. The summed E-state index contributed by atoms with van der Waals surface area (Å²) in [6, 6.07) is 0. The van der Waals surface area contributed by atoms with Crippen molar-refractivity contribution >= 4 is 27.3 Å². The fourth-order valence-electron chi connectivity index (χ4n) is 0.577. The van der Waals surface area contributed by atoms with Gasteiger partial charge in [0, 0.05) is 0 Å². The molecule has 0 atom stereocenters. The van der Waals surface area contributed by atoms with E-state index in [0.717, 1.165) is 11.3 Å². The van der Waals surface area contributed by atoms with Gasteiger partial charge in [-0.1, -0.05) is 0 Å². The monoisotopic (exact) mass is 227 g/mol. The van der Waals surface area contributed by atoms with E-state index in [1.54, 1.807) is 6.92 Å². The molecule has 0 radical (unpaired) electrons. The Labute approximate surface area is 69.2 Å². The van der Waals surface area contributed by atoms with E-state index in [1.807, 2.05) is 0 Å². The second-order valence-electron chi connectivity index (χ2n) is 1.72. The molecule has 0 bridgehead atoms. The molecule has 56 valence electrons. The topological polar surface area (TPSA) is 12.9 Å². The molecule has 0 aromatic carbocycles. The lowest BCUT2D eigenvalue weighted by Gasteiger charge is -1.91. The number of aryl methyl sites for hydroxylation is 1. The highest BCUT2D eigenvalue weighted by atomic mass is 79.9. The van der Waals surface area contributed by atoms with E-state index in [4.69, 9.17) is 0 Å². The summed E-state index contributed by atoms with van der Waals surface area (Å²) in [6.45, 7) is 1.57. The van der Waals surface area contributed by atoms with E-state index >= 15 is 0 Å². The Hall–Kier alpha value is -0.0300. The van der Waals surface area contributed by atoms with Crippen molar-refractivity contribution in [3.05, 3.63) is 14.5 Å². The van der Waals surface area contributed by atoms with Gasteiger partial charge in [0.05, 0.1) is 10.6 Å². The van der Waals surface area contributed by atoms with Gasteiger partial charge in [-0.25, -0.2) is 13.8 Å². The number of thiazole rings is 1. The first-order valence-electron chi connectivity index (χ1n) is 2.52. The SMILES string of the molecule is Cc1nc(Br)sc1C(F)F. The normalized spacial score (nSPS) is 10.9. The molecule has 0 aliphatic rings. The molecule has 0 fully saturated rings. The zero-order valence-corrected chi connectivity index (χ0v) is 7.47. The molecule has 10 heavy (non-hydrogen) atoms. The van der Waals surface area contributed by atoms with Crippen LogP contribution in [0.25, 0.3) is 0 Å². The summed E-state index contributed by atoms with van der Waals surface area (Å²) in [5, 5.41) is 0. The average molecular weight is 228 g/mol. The van der Waals surface area contributed by atoms with E-state index in [1.165, 1.54) is 0 Å². The highest BCUT2D eigenvalue weighted by molar-refractivity contribution is 9.11. The smallest absolute Gasteiger partial charge is 0.234 e. The van der Waals surface area contributed by atoms with Crippen molar-refractivity contribution in [1.82, 2.24) is 4.98 Å². The summed E-state index contributed by atoms with van der Waals surface area (Å²) in [6.07, 6.45) is -2.40. The van der Waals surface area contributed by atoms with Crippen molar-refractivity contribution in [3.63, 3.8) is 0 Å². The van der Waals surface area contributed by atoms with Crippen LogP contribution in [-0.2, 0) is 0 Å². The largest absolute Gasteiger partial charge is 0.274 e. The van der Waals surface area contributed by atoms with Crippen LogP contribution in [0.4, 0.5) is 8.78 Å². The molecule has 0 saturated carbocycles. The quantitative estimate of drug-likeness (QED) is 0.719. The van der Waals surface area contributed by atoms with Gasteiger partial charge in [-0.3, -0.25) is 0 Å². The summed E-state index contributed by atoms with van der Waals surface area (Å²) in [4.78, 5) is 3.84. The summed E-state index contributed by atoms with van der Waals surface area (Å²) >= 11 is 4.00. The maximum Gasteiger partial charge on any atom is 0.274 e. The van der Waals surface area contributed by atoms with Crippen molar-refractivity contribution < 1.29 is 8.78 Å². The number of nitrogens with zero attached hydrogens (tertiary/aromatic N) is 1. The molecule has 1 aromatic rings. The van der Waals surface area contributed by atoms with Crippen LogP contribution in [0.3, 0.4) is 0 Å². The predicted molar refractivity (Wildman–Crippen MR) is 39.5 cm³/mol. The fourth-order valence-corrected chi connectivity index (χ4v) is 2.01. The van der Waals surface area contributed by atoms with E-state index in [9.17, 15) is 8.78 Å². The third-order valence-corrected chi connectivity index (χ3v) is 2.62. The number of hydrogen-bond donors (Lipinski definition) is 0. The molecule has 0 saturated heterocycles. The third kappa shape index (κ3) is 1.52. The van der Waals surface area contributed by atoms with Crippen molar-refractivity contribution in [2.24, 2.45) is 0 Å². The molecular formula is C5H4BrF2NS. The van der Waals surface area contributed by atoms with Crippen LogP contribution in [0.15, 0.2) is 3.92 Å². The van der Waals surface area contributed by atoms with Crippen LogP contribution in [0.5, 0.6) is 0 Å². The second kappa shape index (κ2) is 2.92. The molecule has 0 unspecified atom stereocenters. The molecule has 5 heteroatoms. The van der Waals surface area contributed by atoms with Gasteiger partial charge in [-0.15, -0.1) is 11.3 Å². The summed E-state index contributed by atoms with van der Waals surface area (Å²) in [7, 11) is 0. The fraction of sp³-hybridized carbons (Fsp3) is 0.400. The minimum Gasteiger partial charge on any atom is -0.234 e. The summed E-state index contributed by atoms with van der Waals surface area (Å²) in [5.41, 5.74) is 0.409. The van der Waals surface area contributed by atoms with Gasteiger partial charge in [-0.05, 0) is 22.9 Å². The van der Waals surface area contributed by atoms with Gasteiger partial charge in [0.1, 0.15) is 0 Å². The number of rotatable bonds is 1. The standard InChI is InChI=1S/C5H4BrF2NS/c1-2-3(4(7)8)10-5(6)9-2/h4H,1H3. The van der Waals surface area contributed by atoms with Gasteiger partial charge in [0.25, 0.3) is 6.43 Å². The van der Waals surface area contributed by atoms with Gasteiger partial charge >= 0.3 is 0 Å². The number of alkyl halides is 2. The van der Waals surface area contributed by atoms with Crippen molar-refractivity contribution in [3.8, 4) is 0 Å². The number of aromatic nitrogens is 1. The Morgan fingerprint density at radius 2 is 2.20 bits per heavy atom. The molecule has 1 aromatic heterocycles. The Bertz CT molecular complexity index is 236. The minimum absolute atomic E-state index is 0.0480. The van der Waals surface area contributed by atoms with Gasteiger partial charge in [-0.2, -0.15) is 0 Å². The van der Waals surface area contributed by atoms with E-state index in [0.29, 0.717) is 9.61 Å². The lowest BCUT2D eigenvalue weighted by atomic mass is 10.4. The van der Waals surface area contributed by atoms with Gasteiger partial charge in [0.15, 0.2) is 3.92 Å². The zero-order valence-electron chi connectivity index (χ0n) is 5.07. The van der Waals surface area contributed by atoms with Crippen LogP contribution >= 0.6 is 27.3 Å². The van der Waals surface area contributed by atoms with Crippen LogP contribution in [0.2, 0.25) is 0 Å². The Morgan fingerprint density at radius 1 is 1.60 bits per heavy atom. The molecule has 1 heterocycles. The maximum absolute atomic E-state index is 12.0. The van der Waals surface area contributed by atoms with E-state index in [-0.39, 0.29) is 4.88 Å². The minimum atomic E-state index is -2.40. The molecule has 1 rings (SSSR count). The summed E-state index contributed by atoms with van der Waals surface area (Å²) in [5.74, 6) is 0. The van der Waals surface area contributed by atoms with Crippen LogP contribution in [0, 0.1) is 6.92 Å². The van der Waals surface area contributed by atoms with E-state index in [2.05, 4.69) is 20.9 Å². The maximum atomic E-state index is 12.0. The number of halogens is 3. The van der Waals surface area contributed by atoms with Crippen LogP contribution < -0.4 is 0 Å². The highest BCUT2D eigenvalue weighted by Crippen LogP contribution is 2.30. The van der Waals surface area contributed by atoms with Crippen molar-refractivity contribution in [2.45, 2.75) is 13.3 Å².